The molecule has 0 spiro atoms. The molecule has 0 radical (unpaired) electrons. The minimum atomic E-state index is -0.416. The van der Waals surface area contributed by atoms with E-state index in [0.29, 0.717) is 15.7 Å². The number of aromatic amines is 1. The summed E-state index contributed by atoms with van der Waals surface area (Å²) >= 11 is 4.16. The predicted molar refractivity (Wildman–Crippen MR) is 70.2 cm³/mol. The molecule has 0 aliphatic carbocycles. The summed E-state index contributed by atoms with van der Waals surface area (Å²) in [7, 11) is 0. The summed E-state index contributed by atoms with van der Waals surface area (Å²) in [4.78, 5) is 25.1. The highest BCUT2D eigenvalue weighted by molar-refractivity contribution is 9.10. The zero-order valence-electron chi connectivity index (χ0n) is 9.00. The minimum Gasteiger partial charge on any atom is -0.346 e. The highest BCUT2D eigenvalue weighted by Crippen LogP contribution is 2.17. The molecule has 0 bridgehead atoms. The van der Waals surface area contributed by atoms with Gasteiger partial charge in [0.2, 0.25) is 0 Å². The first-order valence-corrected chi connectivity index (χ1v) is 6.63. The van der Waals surface area contributed by atoms with Crippen molar-refractivity contribution in [3.63, 3.8) is 0 Å². The second-order valence-electron chi connectivity index (χ2n) is 3.48. The Balaban J connectivity index is 2.06. The normalized spacial score (nSPS) is 10.3. The Morgan fingerprint density at radius 2 is 2.28 bits per heavy atom. The largest absolute Gasteiger partial charge is 0.346 e. The summed E-state index contributed by atoms with van der Waals surface area (Å²) in [6.45, 7) is 0.224. The maximum absolute atomic E-state index is 12.9. The summed E-state index contributed by atoms with van der Waals surface area (Å²) < 4.78 is 13.3. The Hall–Kier alpha value is -1.47. The average molecular weight is 331 g/mol. The van der Waals surface area contributed by atoms with E-state index in [0.717, 1.165) is 11.3 Å². The number of H-pyrrole nitrogens is 1. The van der Waals surface area contributed by atoms with Gasteiger partial charge in [-0.15, -0.1) is 0 Å². The first-order chi connectivity index (χ1) is 8.56. The molecule has 0 fully saturated rings. The highest BCUT2D eigenvalue weighted by atomic mass is 79.9. The van der Waals surface area contributed by atoms with Gasteiger partial charge in [-0.3, -0.25) is 9.59 Å². The summed E-state index contributed by atoms with van der Waals surface area (Å²) in [6.07, 6.45) is 0. The topological polar surface area (TPSA) is 62.0 Å². The van der Waals surface area contributed by atoms with Gasteiger partial charge in [0, 0.05) is 15.5 Å². The third-order valence-electron chi connectivity index (χ3n) is 2.19. The smallest absolute Gasteiger partial charge is 0.304 e. The van der Waals surface area contributed by atoms with E-state index in [4.69, 9.17) is 0 Å². The molecule has 4 nitrogen and oxygen atoms in total. The molecule has 1 aromatic carbocycles. The van der Waals surface area contributed by atoms with Gasteiger partial charge in [-0.2, -0.15) is 0 Å². The molecule has 2 aromatic rings. The van der Waals surface area contributed by atoms with Gasteiger partial charge in [-0.05, 0) is 34.1 Å². The van der Waals surface area contributed by atoms with Crippen molar-refractivity contribution >= 4 is 33.2 Å². The van der Waals surface area contributed by atoms with E-state index < -0.39 is 5.82 Å². The van der Waals surface area contributed by atoms with Crippen molar-refractivity contribution in [2.24, 2.45) is 0 Å². The van der Waals surface area contributed by atoms with Crippen molar-refractivity contribution in [1.82, 2.24) is 10.3 Å². The maximum Gasteiger partial charge on any atom is 0.304 e. The first-order valence-electron chi connectivity index (χ1n) is 4.96. The Morgan fingerprint density at radius 3 is 2.89 bits per heavy atom. The maximum atomic E-state index is 12.9. The van der Waals surface area contributed by atoms with Crippen LogP contribution in [0.25, 0.3) is 0 Å². The summed E-state index contributed by atoms with van der Waals surface area (Å²) in [5.74, 6) is -0.755. The van der Waals surface area contributed by atoms with Gasteiger partial charge >= 0.3 is 4.87 Å². The van der Waals surface area contributed by atoms with Crippen LogP contribution in [0.1, 0.15) is 16.1 Å². The lowest BCUT2D eigenvalue weighted by Gasteiger charge is -2.05. The van der Waals surface area contributed by atoms with Gasteiger partial charge in [0.25, 0.3) is 5.91 Å². The third kappa shape index (κ3) is 3.05. The van der Waals surface area contributed by atoms with Gasteiger partial charge in [-0.1, -0.05) is 11.3 Å². The van der Waals surface area contributed by atoms with Crippen LogP contribution in [0.4, 0.5) is 4.39 Å². The Morgan fingerprint density at radius 1 is 1.50 bits per heavy atom. The second kappa shape index (κ2) is 5.45. The molecule has 7 heteroatoms. The Labute approximate surface area is 114 Å². The molecule has 0 aliphatic heterocycles. The van der Waals surface area contributed by atoms with Crippen molar-refractivity contribution in [1.29, 1.82) is 0 Å². The molecule has 2 rings (SSSR count). The number of halogens is 2. The Kier molecular flexibility index (Phi) is 3.93. The van der Waals surface area contributed by atoms with E-state index in [2.05, 4.69) is 26.2 Å². The fourth-order valence-electron chi connectivity index (χ4n) is 1.34. The number of hydrogen-bond donors (Lipinski definition) is 2. The lowest BCUT2D eigenvalue weighted by Crippen LogP contribution is -2.23. The van der Waals surface area contributed by atoms with Crippen LogP contribution in [-0.4, -0.2) is 10.9 Å². The van der Waals surface area contributed by atoms with Gasteiger partial charge in [0.05, 0.1) is 12.1 Å². The zero-order chi connectivity index (χ0) is 13.1. The van der Waals surface area contributed by atoms with Crippen LogP contribution in [0.2, 0.25) is 0 Å². The van der Waals surface area contributed by atoms with Crippen LogP contribution in [0, 0.1) is 5.82 Å². The molecule has 0 aliphatic rings. The van der Waals surface area contributed by atoms with Crippen LogP contribution in [0.3, 0.4) is 0 Å². The molecule has 1 aromatic heterocycles. The molecule has 0 atom stereocenters. The van der Waals surface area contributed by atoms with Crippen LogP contribution in [-0.2, 0) is 6.54 Å². The molecule has 18 heavy (non-hydrogen) atoms. The number of benzene rings is 1. The molecule has 94 valence electrons. The van der Waals surface area contributed by atoms with Gasteiger partial charge in [-0.25, -0.2) is 4.39 Å². The van der Waals surface area contributed by atoms with Crippen LogP contribution in [0.15, 0.2) is 32.8 Å². The number of carbonyl (C=O) groups excluding carboxylic acids is 1. The van der Waals surface area contributed by atoms with Gasteiger partial charge < -0.3 is 10.3 Å². The van der Waals surface area contributed by atoms with E-state index in [-0.39, 0.29) is 17.3 Å². The molecule has 0 unspecified atom stereocenters. The molecular weight excluding hydrogens is 323 g/mol. The van der Waals surface area contributed by atoms with E-state index in [1.165, 1.54) is 18.2 Å². The predicted octanol–water partition coefficient (Wildman–Crippen LogP) is 2.27. The fourth-order valence-corrected chi connectivity index (χ4v) is 2.46. The average Bonchev–Trinajstić information content (AvgIpc) is 2.72. The van der Waals surface area contributed by atoms with Crippen molar-refractivity contribution in [3.8, 4) is 0 Å². The number of carbonyl (C=O) groups is 1. The summed E-state index contributed by atoms with van der Waals surface area (Å²) in [5, 5.41) is 4.28. The van der Waals surface area contributed by atoms with Crippen LogP contribution >= 0.6 is 27.3 Å². The molecule has 1 amide bonds. The lowest BCUT2D eigenvalue weighted by molar-refractivity contribution is 0.0949. The lowest BCUT2D eigenvalue weighted by atomic mass is 10.2. The zero-order valence-corrected chi connectivity index (χ0v) is 11.4. The third-order valence-corrected chi connectivity index (χ3v) is 3.56. The van der Waals surface area contributed by atoms with Crippen molar-refractivity contribution in [2.75, 3.05) is 0 Å². The monoisotopic (exact) mass is 330 g/mol. The number of thiazole rings is 1. The van der Waals surface area contributed by atoms with Crippen molar-refractivity contribution in [2.45, 2.75) is 6.54 Å². The molecular formula is C11H8BrFN2O2S. The van der Waals surface area contributed by atoms with E-state index >= 15 is 0 Å². The minimum absolute atomic E-state index is 0.165. The number of amides is 1. The Bertz CT molecular complexity index is 638. The fraction of sp³-hybridized carbons (Fsp3) is 0.0909. The molecule has 0 saturated carbocycles. The SMILES string of the molecule is O=C(NCc1csc(=O)[nH]1)c1ccc(F)cc1Br. The van der Waals surface area contributed by atoms with E-state index in [1.807, 2.05) is 0 Å². The van der Waals surface area contributed by atoms with Crippen molar-refractivity contribution in [3.05, 3.63) is 54.8 Å². The van der Waals surface area contributed by atoms with Crippen LogP contribution < -0.4 is 10.2 Å². The molecule has 1 heterocycles. The van der Waals surface area contributed by atoms with Gasteiger partial charge in [0.15, 0.2) is 0 Å². The number of aromatic nitrogens is 1. The van der Waals surface area contributed by atoms with Crippen LogP contribution in [0.5, 0.6) is 0 Å². The second-order valence-corrected chi connectivity index (χ2v) is 5.18. The summed E-state index contributed by atoms with van der Waals surface area (Å²) in [6, 6.07) is 3.83. The quantitative estimate of drug-likeness (QED) is 0.906. The first kappa shape index (κ1) is 13.0. The van der Waals surface area contributed by atoms with Gasteiger partial charge in [0.1, 0.15) is 5.82 Å². The molecule has 0 saturated heterocycles. The van der Waals surface area contributed by atoms with E-state index in [1.54, 1.807) is 5.38 Å². The standard InChI is InChI=1S/C11H8BrFN2O2S/c12-9-3-6(13)1-2-8(9)10(16)14-4-7-5-18-11(17)15-7/h1-3,5H,4H2,(H,14,16)(H,15,17). The number of hydrogen-bond acceptors (Lipinski definition) is 3. The number of nitrogens with one attached hydrogen (secondary N) is 2. The summed E-state index contributed by atoms with van der Waals surface area (Å²) in [5.41, 5.74) is 0.977. The molecule has 2 N–H and O–H groups in total. The highest BCUT2D eigenvalue weighted by Gasteiger charge is 2.10. The number of rotatable bonds is 3. The van der Waals surface area contributed by atoms with E-state index in [9.17, 15) is 14.0 Å². The van der Waals surface area contributed by atoms with Crippen molar-refractivity contribution < 1.29 is 9.18 Å².